The monoisotopic (exact) mass is 815 g/mol. The summed E-state index contributed by atoms with van der Waals surface area (Å²) in [5, 5.41) is 0. The van der Waals surface area contributed by atoms with E-state index in [1.807, 2.05) is 36.4 Å². The summed E-state index contributed by atoms with van der Waals surface area (Å²) >= 11 is 0. The zero-order chi connectivity index (χ0) is 42.0. The lowest BCUT2D eigenvalue weighted by molar-refractivity contribution is -0.138. The summed E-state index contributed by atoms with van der Waals surface area (Å²) in [7, 11) is 0. The second-order valence-electron chi connectivity index (χ2n) is 17.2. The number of likely N-dealkylation sites (N-methyl/N-ethyl adjacent to an activating group) is 2. The molecular formula is C52H61N7O2. The van der Waals surface area contributed by atoms with Crippen molar-refractivity contribution in [2.45, 2.75) is 103 Å². The number of rotatable bonds is 13. The van der Waals surface area contributed by atoms with Crippen LogP contribution >= 0.6 is 0 Å². The summed E-state index contributed by atoms with van der Waals surface area (Å²) in [5.41, 5.74) is 12.6. The molecule has 0 radical (unpaired) electrons. The number of nitrogens with zero attached hydrogens (tertiary/aromatic N) is 6. The lowest BCUT2D eigenvalue weighted by atomic mass is 9.94. The first-order valence-electron chi connectivity index (χ1n) is 23.0. The Morgan fingerprint density at radius 1 is 0.672 bits per heavy atom. The van der Waals surface area contributed by atoms with E-state index in [0.717, 1.165) is 125 Å². The van der Waals surface area contributed by atoms with E-state index >= 15 is 0 Å². The van der Waals surface area contributed by atoms with Crippen molar-refractivity contribution in [3.8, 4) is 22.4 Å². The first kappa shape index (κ1) is 41.0. The summed E-state index contributed by atoms with van der Waals surface area (Å²) in [6.07, 6.45) is 7.55. The van der Waals surface area contributed by atoms with Crippen LogP contribution in [0.25, 0.3) is 22.4 Å². The Labute approximate surface area is 361 Å². The van der Waals surface area contributed by atoms with Gasteiger partial charge in [0.05, 0.1) is 23.5 Å². The average Bonchev–Trinajstić information content (AvgIpc) is 4.13. The molecule has 61 heavy (non-hydrogen) atoms. The van der Waals surface area contributed by atoms with Crippen LogP contribution in [0.5, 0.6) is 0 Å². The van der Waals surface area contributed by atoms with Gasteiger partial charge >= 0.3 is 0 Å². The maximum Gasteiger partial charge on any atom is 0.245 e. The molecule has 4 heterocycles. The van der Waals surface area contributed by atoms with E-state index in [2.05, 4.69) is 113 Å². The number of aromatic nitrogens is 2. The Kier molecular flexibility index (Phi) is 12.0. The lowest BCUT2D eigenvalue weighted by Crippen LogP contribution is -2.47. The van der Waals surface area contributed by atoms with Crippen LogP contribution in [0.3, 0.4) is 0 Å². The van der Waals surface area contributed by atoms with Gasteiger partial charge in [0, 0.05) is 36.5 Å². The minimum Gasteiger partial charge on any atom is -0.344 e. The normalized spacial score (nSPS) is 19.4. The van der Waals surface area contributed by atoms with Gasteiger partial charge in [-0.3, -0.25) is 24.4 Å². The quantitative estimate of drug-likeness (QED) is 0.128. The van der Waals surface area contributed by atoms with E-state index in [-0.39, 0.29) is 36.0 Å². The molecule has 0 spiro atoms. The van der Waals surface area contributed by atoms with E-state index in [0.29, 0.717) is 0 Å². The molecule has 9 nitrogen and oxygen atoms in total. The number of nitrogens with one attached hydrogen (secondary N) is 1. The Balaban J connectivity index is 0.931. The van der Waals surface area contributed by atoms with Gasteiger partial charge in [-0.1, -0.05) is 113 Å². The molecule has 4 aliphatic rings. The fourth-order valence-corrected chi connectivity index (χ4v) is 10.7. The van der Waals surface area contributed by atoms with Gasteiger partial charge in [0.15, 0.2) is 0 Å². The molecule has 2 amide bonds. The van der Waals surface area contributed by atoms with Gasteiger partial charge in [0.1, 0.15) is 17.9 Å². The number of carbonyl (C=O) groups is 2. The second-order valence-corrected chi connectivity index (χ2v) is 17.2. The van der Waals surface area contributed by atoms with Crippen molar-refractivity contribution in [1.29, 1.82) is 0 Å². The lowest BCUT2D eigenvalue weighted by Gasteiger charge is -2.35. The smallest absolute Gasteiger partial charge is 0.245 e. The highest BCUT2D eigenvalue weighted by atomic mass is 16.2. The van der Waals surface area contributed by atoms with Gasteiger partial charge in [-0.15, -0.1) is 0 Å². The molecule has 4 aromatic carbocycles. The molecule has 2 fully saturated rings. The molecule has 0 saturated carbocycles. The molecule has 3 aliphatic heterocycles. The summed E-state index contributed by atoms with van der Waals surface area (Å²) in [4.78, 5) is 52.0. The van der Waals surface area contributed by atoms with Gasteiger partial charge in [-0.2, -0.15) is 0 Å². The average molecular weight is 816 g/mol. The number of fused-ring (bicyclic) bond motifs is 4. The van der Waals surface area contributed by atoms with Crippen molar-refractivity contribution in [3.05, 3.63) is 131 Å². The number of hydrogen-bond donors (Lipinski definition) is 1. The summed E-state index contributed by atoms with van der Waals surface area (Å²) in [5.74, 6) is 1.27. The van der Waals surface area contributed by atoms with Crippen LogP contribution in [0.4, 0.5) is 5.69 Å². The highest BCUT2D eigenvalue weighted by Gasteiger charge is 2.40. The molecule has 4 atom stereocenters. The molecule has 316 valence electrons. The number of likely N-dealkylation sites (tertiary alicyclic amines) is 2. The molecule has 9 rings (SSSR count). The fraction of sp³-hybridized carbons (Fsp3) is 0.423. The van der Waals surface area contributed by atoms with Crippen molar-refractivity contribution < 1.29 is 9.59 Å². The molecule has 1 unspecified atom stereocenters. The number of aryl methyl sites for hydroxylation is 2. The number of amides is 2. The zero-order valence-electron chi connectivity index (χ0n) is 36.4. The molecular weight excluding hydrogens is 755 g/mol. The molecule has 2 saturated heterocycles. The van der Waals surface area contributed by atoms with Crippen molar-refractivity contribution in [2.24, 2.45) is 4.99 Å². The predicted molar refractivity (Wildman–Crippen MR) is 245 cm³/mol. The zero-order valence-corrected chi connectivity index (χ0v) is 36.4. The minimum atomic E-state index is -0.307. The van der Waals surface area contributed by atoms with Crippen LogP contribution in [0.15, 0.2) is 102 Å². The fourth-order valence-electron chi connectivity index (χ4n) is 10.7. The maximum absolute atomic E-state index is 14.5. The first-order chi connectivity index (χ1) is 29.9. The van der Waals surface area contributed by atoms with Crippen LogP contribution < -0.4 is 0 Å². The Morgan fingerprint density at radius 2 is 1.23 bits per heavy atom. The molecule has 1 aromatic heterocycles. The summed E-state index contributed by atoms with van der Waals surface area (Å²) in [6, 6.07) is 33.5. The molecule has 9 heteroatoms. The predicted octanol–water partition coefficient (Wildman–Crippen LogP) is 9.68. The Hall–Kier alpha value is -5.38. The van der Waals surface area contributed by atoms with Gasteiger partial charge in [-0.25, -0.2) is 4.98 Å². The Bertz CT molecular complexity index is 2380. The number of aromatic amines is 1. The Morgan fingerprint density at radius 3 is 1.84 bits per heavy atom. The third-order valence-corrected chi connectivity index (χ3v) is 13.9. The largest absolute Gasteiger partial charge is 0.344 e. The van der Waals surface area contributed by atoms with Crippen LogP contribution in [0, 0.1) is 0 Å². The van der Waals surface area contributed by atoms with Crippen LogP contribution in [0.2, 0.25) is 0 Å². The number of imidazole rings is 1. The van der Waals surface area contributed by atoms with Gasteiger partial charge in [-0.05, 0) is 117 Å². The van der Waals surface area contributed by atoms with Gasteiger partial charge in [0.25, 0.3) is 0 Å². The number of benzene rings is 4. The van der Waals surface area contributed by atoms with Crippen molar-refractivity contribution >= 4 is 23.2 Å². The highest BCUT2D eigenvalue weighted by Crippen LogP contribution is 2.41. The maximum atomic E-state index is 14.5. The number of H-pyrrole nitrogens is 1. The van der Waals surface area contributed by atoms with Crippen LogP contribution in [0.1, 0.15) is 112 Å². The van der Waals surface area contributed by atoms with Crippen molar-refractivity contribution in [1.82, 2.24) is 29.6 Å². The molecule has 0 bridgehead atoms. The van der Waals surface area contributed by atoms with Crippen LogP contribution in [-0.2, 0) is 28.9 Å². The van der Waals surface area contributed by atoms with E-state index in [1.54, 1.807) is 0 Å². The van der Waals surface area contributed by atoms with Crippen molar-refractivity contribution in [2.75, 3.05) is 39.3 Å². The highest BCUT2D eigenvalue weighted by molar-refractivity contribution is 6.01. The molecule has 1 N–H and O–H groups in total. The van der Waals surface area contributed by atoms with E-state index in [1.165, 1.54) is 33.5 Å². The third-order valence-electron chi connectivity index (χ3n) is 13.9. The third kappa shape index (κ3) is 7.87. The number of carbonyl (C=O) groups excluding carboxylic acids is 2. The van der Waals surface area contributed by atoms with Crippen molar-refractivity contribution in [3.63, 3.8) is 0 Å². The number of aliphatic imine (C=N–C) groups is 1. The van der Waals surface area contributed by atoms with E-state index < -0.39 is 0 Å². The van der Waals surface area contributed by atoms with Crippen LogP contribution in [-0.4, -0.2) is 92.4 Å². The van der Waals surface area contributed by atoms with E-state index in [9.17, 15) is 9.59 Å². The summed E-state index contributed by atoms with van der Waals surface area (Å²) < 4.78 is 0. The first-order valence-corrected chi connectivity index (χ1v) is 23.0. The summed E-state index contributed by atoms with van der Waals surface area (Å²) in [6.45, 7) is 13.3. The molecule has 5 aromatic rings. The van der Waals surface area contributed by atoms with E-state index in [4.69, 9.17) is 9.98 Å². The topological polar surface area (TPSA) is 88.1 Å². The van der Waals surface area contributed by atoms with Gasteiger partial charge < -0.3 is 14.8 Å². The number of hydrogen-bond acceptors (Lipinski definition) is 6. The minimum absolute atomic E-state index is 0.0210. The van der Waals surface area contributed by atoms with Gasteiger partial charge in [0.2, 0.25) is 11.8 Å². The second kappa shape index (κ2) is 17.9. The molecule has 1 aliphatic carbocycles. The SMILES string of the molecule is CCN(CC)C(C(=O)N1CCC[C@H]1c1nc2c([nH]1)CCCc1cc(-c3ccc4c(c3)CC([C@@H]3CCCN3C(=O)[C@@H](c3ccccc3)N(CC)CC)=N4)ccc1-2)c1ccccc1. The standard InChI is InChI=1S/C52H61N7O2/c1-5-56(6-2)48(35-18-11-9-12-19-35)51(60)58-30-16-24-45(58)44-34-40-33-38(27-29-42(40)53-44)37-26-28-41-39(32-37)22-15-23-43-47(41)55-50(54-43)46-25-17-31-59(46)52(61)49(57(7-3)8-4)36-20-13-10-14-21-36/h9-14,18-21,26-29,32-33,45-46,48-49H,5-8,15-17,22-25,30-31,34H2,1-4H3,(H,54,55)/t45-,46-,48+,49?/m0/s1.